The fraction of sp³-hybridized carbons (Fsp3) is 0.333. The van der Waals surface area contributed by atoms with Gasteiger partial charge in [-0.25, -0.2) is 14.4 Å². The van der Waals surface area contributed by atoms with Crippen LogP contribution in [0.4, 0.5) is 4.39 Å². The van der Waals surface area contributed by atoms with Crippen molar-refractivity contribution in [1.29, 1.82) is 0 Å². The third kappa shape index (κ3) is 3.99. The van der Waals surface area contributed by atoms with Crippen LogP contribution in [0, 0.1) is 5.82 Å². The fourth-order valence-corrected chi connectivity index (χ4v) is 2.02. The van der Waals surface area contributed by atoms with E-state index in [2.05, 4.69) is 29.1 Å². The van der Waals surface area contributed by atoms with Crippen LogP contribution in [0.2, 0.25) is 5.02 Å². The summed E-state index contributed by atoms with van der Waals surface area (Å²) in [7, 11) is 0. The largest absolute Gasteiger partial charge is 0.309 e. The van der Waals surface area contributed by atoms with Gasteiger partial charge < -0.3 is 5.32 Å². The monoisotopic (exact) mass is 293 g/mol. The molecule has 0 aliphatic carbocycles. The Labute approximate surface area is 123 Å². The summed E-state index contributed by atoms with van der Waals surface area (Å²) in [5, 5.41) is 3.69. The van der Waals surface area contributed by atoms with Crippen molar-refractivity contribution in [3.05, 3.63) is 58.4 Å². The Hall–Kier alpha value is -1.52. The highest BCUT2D eigenvalue weighted by Gasteiger charge is 2.10. The number of nitrogens with zero attached hydrogens (tertiary/aromatic N) is 2. The third-order valence-electron chi connectivity index (χ3n) is 2.85. The van der Waals surface area contributed by atoms with E-state index in [0.29, 0.717) is 35.4 Å². The van der Waals surface area contributed by atoms with E-state index in [-0.39, 0.29) is 5.82 Å². The molecular formula is C15H17ClFN3. The Morgan fingerprint density at radius 3 is 2.80 bits per heavy atom. The first-order valence-electron chi connectivity index (χ1n) is 6.53. The van der Waals surface area contributed by atoms with Crippen molar-refractivity contribution >= 4 is 11.6 Å². The lowest BCUT2D eigenvalue weighted by Crippen LogP contribution is -2.22. The molecule has 0 spiro atoms. The Balaban J connectivity index is 2.15. The number of nitrogens with one attached hydrogen (secondary N) is 1. The highest BCUT2D eigenvalue weighted by atomic mass is 35.5. The van der Waals surface area contributed by atoms with Gasteiger partial charge in [-0.2, -0.15) is 0 Å². The molecule has 0 saturated heterocycles. The fourth-order valence-electron chi connectivity index (χ4n) is 1.79. The molecule has 0 radical (unpaired) electrons. The minimum atomic E-state index is -0.327. The Bertz CT molecular complexity index is 567. The molecular weight excluding hydrogens is 277 g/mol. The summed E-state index contributed by atoms with van der Waals surface area (Å²) >= 11 is 6.01. The predicted octanol–water partition coefficient (Wildman–Crippen LogP) is 3.36. The number of aromatic nitrogens is 2. The van der Waals surface area contributed by atoms with Crippen LogP contribution in [-0.4, -0.2) is 16.0 Å². The maximum atomic E-state index is 13.7. The van der Waals surface area contributed by atoms with Crippen LogP contribution in [-0.2, 0) is 13.0 Å². The zero-order chi connectivity index (χ0) is 14.5. The Kier molecular flexibility index (Phi) is 5.04. The maximum Gasteiger partial charge on any atom is 0.133 e. The van der Waals surface area contributed by atoms with Gasteiger partial charge in [-0.05, 0) is 18.2 Å². The van der Waals surface area contributed by atoms with Gasteiger partial charge in [0.1, 0.15) is 11.6 Å². The normalized spacial score (nSPS) is 11.1. The first kappa shape index (κ1) is 14.9. The second kappa shape index (κ2) is 6.77. The molecule has 0 bridgehead atoms. The lowest BCUT2D eigenvalue weighted by Gasteiger charge is -2.09. The van der Waals surface area contributed by atoms with E-state index in [1.807, 2.05) is 6.07 Å². The summed E-state index contributed by atoms with van der Waals surface area (Å²) in [6.45, 7) is 4.81. The summed E-state index contributed by atoms with van der Waals surface area (Å²) in [5.41, 5.74) is 1.32. The molecule has 1 N–H and O–H groups in total. The highest BCUT2D eigenvalue weighted by Crippen LogP contribution is 2.21. The molecule has 5 heteroatoms. The van der Waals surface area contributed by atoms with Crippen molar-refractivity contribution in [3.8, 4) is 0 Å². The molecule has 0 unspecified atom stereocenters. The Morgan fingerprint density at radius 2 is 2.10 bits per heavy atom. The van der Waals surface area contributed by atoms with E-state index in [0.717, 1.165) is 5.69 Å². The molecule has 1 aromatic heterocycles. The summed E-state index contributed by atoms with van der Waals surface area (Å²) in [6.07, 6.45) is 1.98. The molecule has 0 aliphatic rings. The van der Waals surface area contributed by atoms with Crippen molar-refractivity contribution in [1.82, 2.24) is 15.3 Å². The molecule has 1 heterocycles. The molecule has 1 aromatic carbocycles. The number of rotatable bonds is 5. The van der Waals surface area contributed by atoms with E-state index in [9.17, 15) is 4.39 Å². The quantitative estimate of drug-likeness (QED) is 0.918. The van der Waals surface area contributed by atoms with Gasteiger partial charge >= 0.3 is 0 Å². The van der Waals surface area contributed by atoms with E-state index in [1.165, 1.54) is 6.07 Å². The molecule has 0 saturated carbocycles. The van der Waals surface area contributed by atoms with Crippen LogP contribution in [0.15, 0.2) is 30.5 Å². The standard InChI is InChI=1S/C15H17ClFN3/c1-10(2)19-9-11-6-7-18-15(20-11)8-12-13(16)4-3-5-14(12)17/h3-7,10,19H,8-9H2,1-2H3. The minimum Gasteiger partial charge on any atom is -0.309 e. The van der Waals surface area contributed by atoms with Crippen molar-refractivity contribution in [2.24, 2.45) is 0 Å². The van der Waals surface area contributed by atoms with Gasteiger partial charge in [-0.3, -0.25) is 0 Å². The van der Waals surface area contributed by atoms with Gasteiger partial charge in [-0.1, -0.05) is 31.5 Å². The molecule has 0 amide bonds. The van der Waals surface area contributed by atoms with Crippen LogP contribution in [0.3, 0.4) is 0 Å². The predicted molar refractivity (Wildman–Crippen MR) is 78.2 cm³/mol. The van der Waals surface area contributed by atoms with Gasteiger partial charge in [-0.15, -0.1) is 0 Å². The lowest BCUT2D eigenvalue weighted by molar-refractivity contribution is 0.578. The molecule has 0 atom stereocenters. The zero-order valence-corrected chi connectivity index (χ0v) is 12.3. The van der Waals surface area contributed by atoms with Crippen molar-refractivity contribution < 1.29 is 4.39 Å². The van der Waals surface area contributed by atoms with E-state index >= 15 is 0 Å². The van der Waals surface area contributed by atoms with Crippen LogP contribution in [0.1, 0.15) is 30.9 Å². The minimum absolute atomic E-state index is 0.293. The zero-order valence-electron chi connectivity index (χ0n) is 11.5. The first-order chi connectivity index (χ1) is 9.56. The number of hydrogen-bond donors (Lipinski definition) is 1. The van der Waals surface area contributed by atoms with Gasteiger partial charge in [0, 0.05) is 35.8 Å². The van der Waals surface area contributed by atoms with Crippen molar-refractivity contribution in [2.75, 3.05) is 0 Å². The number of hydrogen-bond acceptors (Lipinski definition) is 3. The van der Waals surface area contributed by atoms with Gasteiger partial charge in [0.25, 0.3) is 0 Å². The number of benzene rings is 1. The van der Waals surface area contributed by atoms with Crippen LogP contribution in [0.5, 0.6) is 0 Å². The van der Waals surface area contributed by atoms with Crippen LogP contribution < -0.4 is 5.32 Å². The smallest absolute Gasteiger partial charge is 0.133 e. The Morgan fingerprint density at radius 1 is 1.30 bits per heavy atom. The van der Waals surface area contributed by atoms with E-state index in [1.54, 1.807) is 18.3 Å². The first-order valence-corrected chi connectivity index (χ1v) is 6.91. The van der Waals surface area contributed by atoms with Gasteiger partial charge in [0.05, 0.1) is 5.69 Å². The molecule has 2 rings (SSSR count). The molecule has 2 aromatic rings. The topological polar surface area (TPSA) is 37.8 Å². The van der Waals surface area contributed by atoms with Gasteiger partial charge in [0.15, 0.2) is 0 Å². The van der Waals surface area contributed by atoms with E-state index in [4.69, 9.17) is 11.6 Å². The van der Waals surface area contributed by atoms with Crippen LogP contribution in [0.25, 0.3) is 0 Å². The maximum absolute atomic E-state index is 13.7. The second-order valence-electron chi connectivity index (χ2n) is 4.88. The lowest BCUT2D eigenvalue weighted by atomic mass is 10.1. The molecule has 3 nitrogen and oxygen atoms in total. The highest BCUT2D eigenvalue weighted by molar-refractivity contribution is 6.31. The number of halogens is 2. The summed E-state index contributed by atoms with van der Waals surface area (Å²) in [4.78, 5) is 8.60. The molecule has 106 valence electrons. The van der Waals surface area contributed by atoms with E-state index < -0.39 is 0 Å². The summed E-state index contributed by atoms with van der Waals surface area (Å²) < 4.78 is 13.7. The third-order valence-corrected chi connectivity index (χ3v) is 3.21. The molecule has 0 fully saturated rings. The van der Waals surface area contributed by atoms with Crippen LogP contribution >= 0.6 is 11.6 Å². The summed E-state index contributed by atoms with van der Waals surface area (Å²) in [5.74, 6) is 0.242. The second-order valence-corrected chi connectivity index (χ2v) is 5.28. The van der Waals surface area contributed by atoms with Gasteiger partial charge in [0.2, 0.25) is 0 Å². The van der Waals surface area contributed by atoms with Crippen molar-refractivity contribution in [3.63, 3.8) is 0 Å². The average Bonchev–Trinajstić information content (AvgIpc) is 2.41. The average molecular weight is 294 g/mol. The molecule has 20 heavy (non-hydrogen) atoms. The van der Waals surface area contributed by atoms with Crippen molar-refractivity contribution in [2.45, 2.75) is 32.9 Å². The molecule has 0 aliphatic heterocycles. The SMILES string of the molecule is CC(C)NCc1ccnc(Cc2c(F)cccc2Cl)n1. The summed E-state index contributed by atoms with van der Waals surface area (Å²) in [6, 6.07) is 6.89.